The number of hydrogen-bond donors (Lipinski definition) is 1. The van der Waals surface area contributed by atoms with Gasteiger partial charge in [0.15, 0.2) is 11.6 Å². The van der Waals surface area contributed by atoms with Crippen LogP contribution in [0.15, 0.2) is 22.9 Å². The van der Waals surface area contributed by atoms with Crippen molar-refractivity contribution >= 4 is 21.7 Å². The molecule has 0 aliphatic rings. The van der Waals surface area contributed by atoms with Gasteiger partial charge in [0.05, 0.1) is 10.2 Å². The molecular formula is C12H14BrN5. The molecule has 0 aliphatic heterocycles. The topological polar surface area (TPSA) is 63.6 Å². The first-order valence-corrected chi connectivity index (χ1v) is 6.63. The van der Waals surface area contributed by atoms with Crippen molar-refractivity contribution in [1.82, 2.24) is 19.9 Å². The summed E-state index contributed by atoms with van der Waals surface area (Å²) in [6.07, 6.45) is 4.19. The van der Waals surface area contributed by atoms with Crippen LogP contribution in [0.5, 0.6) is 0 Å². The van der Waals surface area contributed by atoms with Crippen LogP contribution in [-0.2, 0) is 6.42 Å². The van der Waals surface area contributed by atoms with E-state index in [0.717, 1.165) is 29.0 Å². The van der Waals surface area contributed by atoms with E-state index in [-0.39, 0.29) is 0 Å². The number of nitrogens with one attached hydrogen (secondary N) is 1. The van der Waals surface area contributed by atoms with Crippen LogP contribution in [0.2, 0.25) is 0 Å². The molecule has 0 saturated heterocycles. The predicted octanol–water partition coefficient (Wildman–Crippen LogP) is 2.69. The van der Waals surface area contributed by atoms with Crippen molar-refractivity contribution in [2.24, 2.45) is 0 Å². The fraction of sp³-hybridized carbons (Fsp3) is 0.333. The Labute approximate surface area is 114 Å². The molecule has 0 amide bonds. The number of nitrogens with zero attached hydrogens (tertiary/aromatic N) is 4. The summed E-state index contributed by atoms with van der Waals surface area (Å²) in [5.74, 6) is 1.87. The summed E-state index contributed by atoms with van der Waals surface area (Å²) in [5, 5.41) is 3.21. The van der Waals surface area contributed by atoms with E-state index in [1.807, 2.05) is 6.92 Å². The van der Waals surface area contributed by atoms with E-state index in [1.54, 1.807) is 18.5 Å². The lowest BCUT2D eigenvalue weighted by atomic mass is 10.3. The Morgan fingerprint density at radius 2 is 1.83 bits per heavy atom. The summed E-state index contributed by atoms with van der Waals surface area (Å²) in [6.45, 7) is 4.88. The molecule has 0 unspecified atom stereocenters. The minimum absolute atomic E-state index is 0.541. The van der Waals surface area contributed by atoms with E-state index < -0.39 is 0 Å². The number of rotatable bonds is 4. The number of aryl methyl sites for hydroxylation is 1. The Morgan fingerprint density at radius 3 is 2.44 bits per heavy atom. The van der Waals surface area contributed by atoms with Crippen LogP contribution in [-0.4, -0.2) is 26.5 Å². The molecule has 0 aliphatic carbocycles. The average molecular weight is 308 g/mol. The van der Waals surface area contributed by atoms with Crippen molar-refractivity contribution in [3.05, 3.63) is 28.6 Å². The zero-order valence-electron chi connectivity index (χ0n) is 10.3. The molecule has 0 fully saturated rings. The Kier molecular flexibility index (Phi) is 4.19. The lowest BCUT2D eigenvalue weighted by Crippen LogP contribution is -2.06. The normalized spacial score (nSPS) is 10.4. The fourth-order valence-corrected chi connectivity index (χ4v) is 2.12. The van der Waals surface area contributed by atoms with Gasteiger partial charge in [0.1, 0.15) is 5.82 Å². The second-order valence-electron chi connectivity index (χ2n) is 3.61. The predicted molar refractivity (Wildman–Crippen MR) is 74.3 cm³/mol. The van der Waals surface area contributed by atoms with Gasteiger partial charge in [0.2, 0.25) is 0 Å². The Hall–Kier alpha value is -1.56. The third-order valence-corrected chi connectivity index (χ3v) is 3.20. The highest BCUT2D eigenvalue weighted by molar-refractivity contribution is 9.10. The van der Waals surface area contributed by atoms with Gasteiger partial charge in [-0.3, -0.25) is 0 Å². The molecule has 0 atom stereocenters. The van der Waals surface area contributed by atoms with Crippen LogP contribution in [0.1, 0.15) is 19.5 Å². The number of aromatic nitrogens is 4. The van der Waals surface area contributed by atoms with Crippen LogP contribution in [0.25, 0.3) is 11.6 Å². The van der Waals surface area contributed by atoms with E-state index in [1.165, 1.54) is 0 Å². The van der Waals surface area contributed by atoms with E-state index in [0.29, 0.717) is 11.6 Å². The second-order valence-corrected chi connectivity index (χ2v) is 4.41. The molecule has 0 radical (unpaired) electrons. The molecule has 2 heterocycles. The van der Waals surface area contributed by atoms with Crippen molar-refractivity contribution in [2.75, 3.05) is 11.9 Å². The number of hydrogen-bond acceptors (Lipinski definition) is 5. The molecule has 0 bridgehead atoms. The highest BCUT2D eigenvalue weighted by atomic mass is 79.9. The molecular weight excluding hydrogens is 294 g/mol. The molecule has 1 N–H and O–H groups in total. The minimum atomic E-state index is 0.541. The van der Waals surface area contributed by atoms with Gasteiger partial charge < -0.3 is 5.32 Å². The van der Waals surface area contributed by atoms with Gasteiger partial charge in [-0.1, -0.05) is 6.92 Å². The molecule has 5 nitrogen and oxygen atoms in total. The van der Waals surface area contributed by atoms with Crippen LogP contribution in [0.3, 0.4) is 0 Å². The third-order valence-electron chi connectivity index (χ3n) is 2.36. The van der Waals surface area contributed by atoms with E-state index >= 15 is 0 Å². The summed E-state index contributed by atoms with van der Waals surface area (Å²) in [7, 11) is 0. The summed E-state index contributed by atoms with van der Waals surface area (Å²) in [5.41, 5.74) is 0.948. The number of halogens is 1. The largest absolute Gasteiger partial charge is 0.369 e. The minimum Gasteiger partial charge on any atom is -0.369 e. The monoisotopic (exact) mass is 307 g/mol. The third kappa shape index (κ3) is 2.64. The summed E-state index contributed by atoms with van der Waals surface area (Å²) >= 11 is 3.52. The summed E-state index contributed by atoms with van der Waals surface area (Å²) in [6, 6.07) is 1.77. The fourth-order valence-electron chi connectivity index (χ4n) is 1.53. The van der Waals surface area contributed by atoms with Gasteiger partial charge in [0.25, 0.3) is 0 Å². The quantitative estimate of drug-likeness (QED) is 0.941. The molecule has 2 aromatic rings. The Morgan fingerprint density at radius 1 is 1.11 bits per heavy atom. The first kappa shape index (κ1) is 12.9. The Bertz CT molecular complexity index is 529. The van der Waals surface area contributed by atoms with Crippen LogP contribution >= 0.6 is 15.9 Å². The second kappa shape index (κ2) is 5.86. The number of anilines is 1. The van der Waals surface area contributed by atoms with E-state index in [4.69, 9.17) is 0 Å². The lowest BCUT2D eigenvalue weighted by molar-refractivity contribution is 0.966. The molecule has 0 spiro atoms. The molecule has 0 aromatic carbocycles. The van der Waals surface area contributed by atoms with Gasteiger partial charge in [0, 0.05) is 18.9 Å². The SMILES string of the molecule is CCNc1nc(-c2ncccn2)nc(CC)c1Br. The first-order valence-electron chi connectivity index (χ1n) is 5.84. The molecule has 2 aromatic heterocycles. The maximum absolute atomic E-state index is 4.48. The lowest BCUT2D eigenvalue weighted by Gasteiger charge is -2.10. The van der Waals surface area contributed by atoms with Crippen molar-refractivity contribution in [3.8, 4) is 11.6 Å². The maximum Gasteiger partial charge on any atom is 0.200 e. The standard InChI is InChI=1S/C12H14BrN5/c1-3-8-9(13)10(14-4-2)18-12(17-8)11-15-6-5-7-16-11/h5-7H,3-4H2,1-2H3,(H,14,17,18). The summed E-state index contributed by atoms with van der Waals surface area (Å²) < 4.78 is 0.909. The molecule has 18 heavy (non-hydrogen) atoms. The molecule has 0 saturated carbocycles. The van der Waals surface area contributed by atoms with Crippen LogP contribution in [0.4, 0.5) is 5.82 Å². The highest BCUT2D eigenvalue weighted by Gasteiger charge is 2.13. The highest BCUT2D eigenvalue weighted by Crippen LogP contribution is 2.26. The van der Waals surface area contributed by atoms with Gasteiger partial charge in [-0.25, -0.2) is 19.9 Å². The maximum atomic E-state index is 4.48. The van der Waals surface area contributed by atoms with Gasteiger partial charge >= 0.3 is 0 Å². The van der Waals surface area contributed by atoms with Gasteiger partial charge in [-0.2, -0.15) is 0 Å². The Balaban J connectivity index is 2.52. The van der Waals surface area contributed by atoms with Crippen molar-refractivity contribution in [1.29, 1.82) is 0 Å². The summed E-state index contributed by atoms with van der Waals surface area (Å²) in [4.78, 5) is 17.3. The van der Waals surface area contributed by atoms with Crippen LogP contribution < -0.4 is 5.32 Å². The molecule has 94 valence electrons. The van der Waals surface area contributed by atoms with Crippen molar-refractivity contribution < 1.29 is 0 Å². The van der Waals surface area contributed by atoms with E-state index in [2.05, 4.69) is 48.1 Å². The zero-order chi connectivity index (χ0) is 13.0. The average Bonchev–Trinajstić information content (AvgIpc) is 2.42. The molecule has 6 heteroatoms. The van der Waals surface area contributed by atoms with Crippen LogP contribution in [0, 0.1) is 0 Å². The molecule has 2 rings (SSSR count). The van der Waals surface area contributed by atoms with Gasteiger partial charge in [-0.15, -0.1) is 0 Å². The van der Waals surface area contributed by atoms with Gasteiger partial charge in [-0.05, 0) is 35.3 Å². The first-order chi connectivity index (χ1) is 8.76. The van der Waals surface area contributed by atoms with Crippen molar-refractivity contribution in [2.45, 2.75) is 20.3 Å². The van der Waals surface area contributed by atoms with E-state index in [9.17, 15) is 0 Å². The zero-order valence-corrected chi connectivity index (χ0v) is 11.9. The van der Waals surface area contributed by atoms with Crippen molar-refractivity contribution in [3.63, 3.8) is 0 Å². The smallest absolute Gasteiger partial charge is 0.200 e.